The van der Waals surface area contributed by atoms with Crippen molar-refractivity contribution in [3.8, 4) is 0 Å². The van der Waals surface area contributed by atoms with Gasteiger partial charge in [0.05, 0.1) is 19.2 Å². The van der Waals surface area contributed by atoms with Crippen LogP contribution in [0.1, 0.15) is 26.5 Å². The molecule has 1 aromatic rings. The number of esters is 1. The van der Waals surface area contributed by atoms with Crippen LogP contribution in [0.3, 0.4) is 0 Å². The Balaban J connectivity index is 2.68. The molecule has 0 unspecified atom stereocenters. The fourth-order valence-electron chi connectivity index (χ4n) is 1.53. The van der Waals surface area contributed by atoms with Crippen molar-refractivity contribution in [1.82, 2.24) is 4.98 Å². The van der Waals surface area contributed by atoms with Gasteiger partial charge in [-0.3, -0.25) is 4.79 Å². The van der Waals surface area contributed by atoms with Gasteiger partial charge in [0.25, 0.3) is 0 Å². The molecule has 96 valence electrons. The number of nitrogens with zero attached hydrogens (tertiary/aromatic N) is 2. The number of anilines is 1. The molecule has 1 heterocycles. The second-order valence-electron chi connectivity index (χ2n) is 4.31. The van der Waals surface area contributed by atoms with Crippen LogP contribution in [0.15, 0.2) is 5.38 Å². The van der Waals surface area contributed by atoms with E-state index < -0.39 is 0 Å². The van der Waals surface area contributed by atoms with E-state index in [1.807, 2.05) is 5.38 Å². The molecule has 4 nitrogen and oxygen atoms in total. The highest BCUT2D eigenvalue weighted by atomic mass is 32.1. The number of rotatable bonds is 6. The molecule has 0 saturated carbocycles. The average Bonchev–Trinajstić information content (AvgIpc) is 2.73. The van der Waals surface area contributed by atoms with E-state index in [9.17, 15) is 4.79 Å². The Morgan fingerprint density at radius 2 is 2.29 bits per heavy atom. The van der Waals surface area contributed by atoms with Crippen molar-refractivity contribution in [2.24, 2.45) is 5.92 Å². The third kappa shape index (κ3) is 4.34. The molecule has 0 fully saturated rings. The molecule has 0 atom stereocenters. The molecule has 0 aliphatic carbocycles. The number of methoxy groups -OCH3 is 1. The van der Waals surface area contributed by atoms with Gasteiger partial charge in [0.2, 0.25) is 0 Å². The first kappa shape index (κ1) is 14.0. The molecule has 17 heavy (non-hydrogen) atoms. The average molecular weight is 256 g/mol. The van der Waals surface area contributed by atoms with E-state index in [-0.39, 0.29) is 12.4 Å². The molecule has 0 bridgehead atoms. The van der Waals surface area contributed by atoms with Crippen LogP contribution in [0.25, 0.3) is 0 Å². The number of ether oxygens (including phenoxy) is 1. The minimum absolute atomic E-state index is 0.242. The van der Waals surface area contributed by atoms with Crippen molar-refractivity contribution >= 4 is 22.4 Å². The first-order valence-electron chi connectivity index (χ1n) is 5.83. The van der Waals surface area contributed by atoms with Crippen molar-refractivity contribution in [3.05, 3.63) is 11.1 Å². The van der Waals surface area contributed by atoms with E-state index in [1.165, 1.54) is 7.11 Å². The Hall–Kier alpha value is -1.10. The molecular weight excluding hydrogens is 236 g/mol. The van der Waals surface area contributed by atoms with Crippen LogP contribution < -0.4 is 4.90 Å². The van der Waals surface area contributed by atoms with Crippen LogP contribution >= 0.6 is 11.3 Å². The van der Waals surface area contributed by atoms with Crippen LogP contribution in [0.4, 0.5) is 5.13 Å². The minimum atomic E-state index is -0.242. The number of carbonyl (C=O) groups excluding carboxylic acids is 1. The smallest absolute Gasteiger partial charge is 0.311 e. The van der Waals surface area contributed by atoms with Gasteiger partial charge in [-0.05, 0) is 12.8 Å². The summed E-state index contributed by atoms with van der Waals surface area (Å²) < 4.78 is 4.63. The summed E-state index contributed by atoms with van der Waals surface area (Å²) in [7, 11) is 1.40. The molecule has 0 saturated heterocycles. The lowest BCUT2D eigenvalue weighted by Crippen LogP contribution is -2.27. The fraction of sp³-hybridized carbons (Fsp3) is 0.667. The van der Waals surface area contributed by atoms with Gasteiger partial charge in [-0.1, -0.05) is 13.8 Å². The standard InChI is InChI=1S/C12H20N2O2S/c1-5-14(7-9(2)3)12-13-10(8-17-12)6-11(15)16-4/h8-9H,5-7H2,1-4H3. The van der Waals surface area contributed by atoms with E-state index >= 15 is 0 Å². The molecule has 0 N–H and O–H groups in total. The normalized spacial score (nSPS) is 10.6. The second kappa shape index (κ2) is 6.59. The third-order valence-electron chi connectivity index (χ3n) is 2.33. The quantitative estimate of drug-likeness (QED) is 0.733. The molecule has 0 aliphatic heterocycles. The summed E-state index contributed by atoms with van der Waals surface area (Å²) in [6.45, 7) is 8.41. The van der Waals surface area contributed by atoms with Crippen LogP contribution in [0.5, 0.6) is 0 Å². The number of carbonyl (C=O) groups is 1. The summed E-state index contributed by atoms with van der Waals surface area (Å²) in [5, 5.41) is 2.91. The predicted molar refractivity (Wildman–Crippen MR) is 70.6 cm³/mol. The summed E-state index contributed by atoms with van der Waals surface area (Å²) in [6, 6.07) is 0. The minimum Gasteiger partial charge on any atom is -0.469 e. The maximum atomic E-state index is 11.1. The second-order valence-corrected chi connectivity index (χ2v) is 5.14. The predicted octanol–water partition coefficient (Wildman–Crippen LogP) is 2.34. The Bertz CT molecular complexity index is 363. The molecule has 0 spiro atoms. The van der Waals surface area contributed by atoms with Crippen molar-refractivity contribution in [1.29, 1.82) is 0 Å². The van der Waals surface area contributed by atoms with Crippen molar-refractivity contribution in [2.45, 2.75) is 27.2 Å². The lowest BCUT2D eigenvalue weighted by atomic mass is 10.2. The van der Waals surface area contributed by atoms with Crippen LogP contribution in [0, 0.1) is 5.92 Å². The highest BCUT2D eigenvalue weighted by Gasteiger charge is 2.12. The summed E-state index contributed by atoms with van der Waals surface area (Å²) in [5.41, 5.74) is 0.791. The van der Waals surface area contributed by atoms with E-state index in [0.717, 1.165) is 23.9 Å². The molecule has 1 aromatic heterocycles. The molecule has 0 amide bonds. The molecule has 0 aromatic carbocycles. The van der Waals surface area contributed by atoms with Crippen molar-refractivity contribution in [3.63, 3.8) is 0 Å². The Kier molecular flexibility index (Phi) is 5.41. The highest BCUT2D eigenvalue weighted by molar-refractivity contribution is 7.13. The van der Waals surface area contributed by atoms with Crippen LogP contribution in [-0.2, 0) is 16.0 Å². The van der Waals surface area contributed by atoms with Gasteiger partial charge in [-0.25, -0.2) is 4.98 Å². The first-order valence-corrected chi connectivity index (χ1v) is 6.71. The van der Waals surface area contributed by atoms with Gasteiger partial charge in [0.1, 0.15) is 0 Å². The zero-order chi connectivity index (χ0) is 12.8. The first-order chi connectivity index (χ1) is 8.06. The fourth-order valence-corrected chi connectivity index (χ4v) is 2.43. The maximum absolute atomic E-state index is 11.1. The number of aromatic nitrogens is 1. The van der Waals surface area contributed by atoms with Gasteiger partial charge in [-0.15, -0.1) is 11.3 Å². The van der Waals surface area contributed by atoms with Gasteiger partial charge >= 0.3 is 5.97 Å². The molecule has 5 heteroatoms. The molecular formula is C12H20N2O2S. The summed E-state index contributed by atoms with van der Waals surface area (Å²) in [5.74, 6) is 0.358. The highest BCUT2D eigenvalue weighted by Crippen LogP contribution is 2.21. The zero-order valence-corrected chi connectivity index (χ0v) is 11.7. The monoisotopic (exact) mass is 256 g/mol. The topological polar surface area (TPSA) is 42.4 Å². The van der Waals surface area contributed by atoms with Gasteiger partial charge in [0, 0.05) is 18.5 Å². The Morgan fingerprint density at radius 3 is 2.82 bits per heavy atom. The Labute approximate surface area is 107 Å². The van der Waals surface area contributed by atoms with E-state index in [2.05, 4.69) is 35.4 Å². The van der Waals surface area contributed by atoms with Crippen molar-refractivity contribution in [2.75, 3.05) is 25.1 Å². The SMILES string of the molecule is CCN(CC(C)C)c1nc(CC(=O)OC)cs1. The number of thiazole rings is 1. The largest absolute Gasteiger partial charge is 0.469 e. The van der Waals surface area contributed by atoms with Gasteiger partial charge in [-0.2, -0.15) is 0 Å². The Morgan fingerprint density at radius 1 is 1.59 bits per heavy atom. The summed E-state index contributed by atoms with van der Waals surface area (Å²) in [6.07, 6.45) is 0.256. The summed E-state index contributed by atoms with van der Waals surface area (Å²) in [4.78, 5) is 17.8. The van der Waals surface area contributed by atoms with E-state index in [1.54, 1.807) is 11.3 Å². The zero-order valence-electron chi connectivity index (χ0n) is 10.9. The maximum Gasteiger partial charge on any atom is 0.311 e. The lowest BCUT2D eigenvalue weighted by Gasteiger charge is -2.21. The summed E-state index contributed by atoms with van der Waals surface area (Å²) >= 11 is 1.58. The van der Waals surface area contributed by atoms with E-state index in [0.29, 0.717) is 5.92 Å². The van der Waals surface area contributed by atoms with E-state index in [4.69, 9.17) is 0 Å². The molecule has 0 aliphatic rings. The molecule has 1 rings (SSSR count). The number of hydrogen-bond acceptors (Lipinski definition) is 5. The van der Waals surface area contributed by atoms with Crippen LogP contribution in [0.2, 0.25) is 0 Å². The van der Waals surface area contributed by atoms with Crippen LogP contribution in [-0.4, -0.2) is 31.2 Å². The van der Waals surface area contributed by atoms with Gasteiger partial charge < -0.3 is 9.64 Å². The van der Waals surface area contributed by atoms with Gasteiger partial charge in [0.15, 0.2) is 5.13 Å². The molecule has 0 radical (unpaired) electrons. The lowest BCUT2D eigenvalue weighted by molar-refractivity contribution is -0.139. The number of hydrogen-bond donors (Lipinski definition) is 0. The third-order valence-corrected chi connectivity index (χ3v) is 3.28. The van der Waals surface area contributed by atoms with Crippen molar-refractivity contribution < 1.29 is 9.53 Å².